The minimum atomic E-state index is -0.399. The van der Waals surface area contributed by atoms with Crippen LogP contribution in [0.25, 0.3) is 6.08 Å². The van der Waals surface area contributed by atoms with Crippen LogP contribution in [-0.4, -0.2) is 31.1 Å². The smallest absolute Gasteiger partial charge is 0.312 e. The first-order valence-corrected chi connectivity index (χ1v) is 10.3. The van der Waals surface area contributed by atoms with Crippen LogP contribution in [0.2, 0.25) is 0 Å². The predicted octanol–water partition coefficient (Wildman–Crippen LogP) is 4.47. The Kier molecular flexibility index (Phi) is 5.01. The lowest BCUT2D eigenvalue weighted by Gasteiger charge is -2.27. The first kappa shape index (κ1) is 20.6. The first-order valence-electron chi connectivity index (χ1n) is 10.3. The van der Waals surface area contributed by atoms with Gasteiger partial charge in [-0.05, 0) is 42.0 Å². The number of methoxy groups -OCH3 is 2. The molecule has 0 bridgehead atoms. The average molecular weight is 444 g/mol. The minimum absolute atomic E-state index is 0.0460. The van der Waals surface area contributed by atoms with Gasteiger partial charge in [0.25, 0.3) is 0 Å². The number of ether oxygens (including phenoxy) is 4. The molecule has 2 aliphatic rings. The van der Waals surface area contributed by atoms with Gasteiger partial charge in [-0.25, -0.2) is 0 Å². The second-order valence-electron chi connectivity index (χ2n) is 7.70. The number of carbonyl (C=O) groups excluding carboxylic acids is 2. The van der Waals surface area contributed by atoms with E-state index in [1.807, 2.05) is 24.3 Å². The molecule has 0 aliphatic carbocycles. The molecule has 0 fully saturated rings. The van der Waals surface area contributed by atoms with E-state index in [-0.39, 0.29) is 29.7 Å². The van der Waals surface area contributed by atoms with E-state index in [2.05, 4.69) is 0 Å². The normalized spacial score (nSPS) is 17.8. The van der Waals surface area contributed by atoms with E-state index >= 15 is 0 Å². The number of phenols is 1. The molecule has 33 heavy (non-hydrogen) atoms. The third-order valence-corrected chi connectivity index (χ3v) is 5.79. The summed E-state index contributed by atoms with van der Waals surface area (Å²) in [5, 5.41) is 10.1. The quantitative estimate of drug-likeness (QED) is 0.361. The van der Waals surface area contributed by atoms with Crippen LogP contribution in [0.4, 0.5) is 0 Å². The van der Waals surface area contributed by atoms with Crippen molar-refractivity contribution in [1.29, 1.82) is 0 Å². The topological polar surface area (TPSA) is 91.3 Å². The van der Waals surface area contributed by atoms with E-state index < -0.39 is 5.92 Å². The van der Waals surface area contributed by atoms with Crippen LogP contribution in [0, 0.1) is 0 Å². The molecule has 0 spiro atoms. The molecule has 3 aromatic carbocycles. The summed E-state index contributed by atoms with van der Waals surface area (Å²) in [6.45, 7) is 0. The van der Waals surface area contributed by atoms with Gasteiger partial charge in [0.2, 0.25) is 5.78 Å². The van der Waals surface area contributed by atoms with Crippen LogP contribution in [0.3, 0.4) is 0 Å². The van der Waals surface area contributed by atoms with Gasteiger partial charge in [0.05, 0.1) is 26.2 Å². The van der Waals surface area contributed by atoms with Gasteiger partial charge >= 0.3 is 5.97 Å². The zero-order valence-electron chi connectivity index (χ0n) is 18.0. The molecule has 0 radical (unpaired) electrons. The molecule has 0 unspecified atom stereocenters. The number of fused-ring (bicyclic) bond motifs is 3. The van der Waals surface area contributed by atoms with Gasteiger partial charge in [0, 0.05) is 17.0 Å². The summed E-state index contributed by atoms with van der Waals surface area (Å²) in [6, 6.07) is 15.5. The molecule has 0 aromatic heterocycles. The fourth-order valence-corrected chi connectivity index (χ4v) is 4.27. The number of ketones is 1. The fourth-order valence-electron chi connectivity index (χ4n) is 4.27. The molecule has 0 amide bonds. The molecule has 0 saturated carbocycles. The lowest BCUT2D eigenvalue weighted by molar-refractivity contribution is -0.135. The highest BCUT2D eigenvalue weighted by Gasteiger charge is 2.39. The maximum absolute atomic E-state index is 13.1. The number of benzene rings is 3. The van der Waals surface area contributed by atoms with Gasteiger partial charge in [0.15, 0.2) is 17.3 Å². The van der Waals surface area contributed by atoms with Gasteiger partial charge in [-0.15, -0.1) is 0 Å². The number of Topliss-reactive ketones (excluding diaryl/α,β-unsaturated/α-hetero) is 1. The summed E-state index contributed by atoms with van der Waals surface area (Å²) < 4.78 is 22.1. The van der Waals surface area contributed by atoms with Crippen molar-refractivity contribution in [3.8, 4) is 28.7 Å². The Balaban J connectivity index is 1.60. The van der Waals surface area contributed by atoms with Gasteiger partial charge in [-0.3, -0.25) is 9.59 Å². The Labute approximate surface area is 189 Å². The third-order valence-electron chi connectivity index (χ3n) is 5.79. The predicted molar refractivity (Wildman–Crippen MR) is 119 cm³/mol. The van der Waals surface area contributed by atoms with Crippen LogP contribution in [0.5, 0.6) is 28.7 Å². The summed E-state index contributed by atoms with van der Waals surface area (Å²) in [5.41, 5.74) is 2.40. The zero-order valence-corrected chi connectivity index (χ0v) is 18.0. The van der Waals surface area contributed by atoms with E-state index in [0.717, 1.165) is 5.56 Å². The molecule has 2 aliphatic heterocycles. The maximum Gasteiger partial charge on any atom is 0.312 e. The number of phenolic OH excluding ortho intramolecular Hbond substituents is 1. The number of carbonyl (C=O) groups is 2. The molecule has 7 nitrogen and oxygen atoms in total. The van der Waals surface area contributed by atoms with Crippen molar-refractivity contribution in [3.05, 3.63) is 82.6 Å². The van der Waals surface area contributed by atoms with Gasteiger partial charge in [-0.2, -0.15) is 0 Å². The van der Waals surface area contributed by atoms with Crippen LogP contribution in [0.1, 0.15) is 39.4 Å². The number of aromatic hydroxyl groups is 1. The van der Waals surface area contributed by atoms with E-state index in [4.69, 9.17) is 18.9 Å². The van der Waals surface area contributed by atoms with E-state index in [1.165, 1.54) is 13.2 Å². The number of para-hydroxylation sites is 1. The fraction of sp³-hybridized carbons (Fsp3) is 0.154. The Hall–Kier alpha value is -4.26. The van der Waals surface area contributed by atoms with Gasteiger partial charge < -0.3 is 24.1 Å². The largest absolute Gasteiger partial charge is 0.504 e. The van der Waals surface area contributed by atoms with Crippen molar-refractivity contribution in [2.24, 2.45) is 0 Å². The number of hydrogen-bond acceptors (Lipinski definition) is 7. The van der Waals surface area contributed by atoms with Crippen molar-refractivity contribution in [2.75, 3.05) is 14.2 Å². The van der Waals surface area contributed by atoms with Crippen LogP contribution in [0.15, 0.2) is 60.4 Å². The third kappa shape index (κ3) is 3.47. The Morgan fingerprint density at radius 2 is 1.76 bits per heavy atom. The van der Waals surface area contributed by atoms with Gasteiger partial charge in [-0.1, -0.05) is 24.3 Å². The highest BCUT2D eigenvalue weighted by atomic mass is 16.5. The molecule has 166 valence electrons. The second-order valence-corrected chi connectivity index (χ2v) is 7.70. The molecule has 1 atom stereocenters. The minimum Gasteiger partial charge on any atom is -0.504 e. The van der Waals surface area contributed by atoms with Crippen molar-refractivity contribution in [1.82, 2.24) is 0 Å². The highest BCUT2D eigenvalue weighted by molar-refractivity contribution is 6.15. The monoisotopic (exact) mass is 444 g/mol. The second kappa shape index (κ2) is 8.02. The summed E-state index contributed by atoms with van der Waals surface area (Å²) >= 11 is 0. The lowest BCUT2D eigenvalue weighted by Crippen LogP contribution is -2.22. The Bertz CT molecular complexity index is 1320. The maximum atomic E-state index is 13.1. The molecule has 7 heteroatoms. The molecule has 2 heterocycles. The molecular weight excluding hydrogens is 424 g/mol. The van der Waals surface area contributed by atoms with Crippen molar-refractivity contribution in [2.45, 2.75) is 12.3 Å². The molecule has 5 rings (SSSR count). The van der Waals surface area contributed by atoms with Gasteiger partial charge in [0.1, 0.15) is 17.2 Å². The lowest BCUT2D eigenvalue weighted by atomic mass is 9.84. The average Bonchev–Trinajstić information content (AvgIpc) is 3.13. The molecule has 1 N–H and O–H groups in total. The number of allylic oxidation sites excluding steroid dienone is 1. The molecule has 0 saturated heterocycles. The number of rotatable bonds is 4. The Morgan fingerprint density at radius 3 is 2.52 bits per heavy atom. The van der Waals surface area contributed by atoms with Crippen LogP contribution >= 0.6 is 0 Å². The molecule has 3 aromatic rings. The van der Waals surface area contributed by atoms with E-state index in [9.17, 15) is 14.7 Å². The summed E-state index contributed by atoms with van der Waals surface area (Å²) in [6.07, 6.45) is 1.65. The first-order chi connectivity index (χ1) is 16.0. The van der Waals surface area contributed by atoms with E-state index in [0.29, 0.717) is 39.7 Å². The highest BCUT2D eigenvalue weighted by Crippen LogP contribution is 2.50. The summed E-state index contributed by atoms with van der Waals surface area (Å²) in [7, 11) is 3.03. The molecular formula is C26H20O7. The zero-order chi connectivity index (χ0) is 23.1. The summed E-state index contributed by atoms with van der Waals surface area (Å²) in [4.78, 5) is 25.5. The van der Waals surface area contributed by atoms with Crippen molar-refractivity contribution < 1.29 is 33.6 Å². The van der Waals surface area contributed by atoms with E-state index in [1.54, 1.807) is 37.5 Å². The number of hydrogen-bond donors (Lipinski definition) is 1. The number of esters is 1. The van der Waals surface area contributed by atoms with Crippen molar-refractivity contribution in [3.63, 3.8) is 0 Å². The summed E-state index contributed by atoms with van der Waals surface area (Å²) in [5.74, 6) is 0.690. The van der Waals surface area contributed by atoms with Crippen molar-refractivity contribution >= 4 is 17.8 Å². The SMILES string of the molecule is COc1ccc(/C=C2\Oc3c(ccc4c3[C@@H](c3ccccc3OC)CC(=O)O4)C2=O)cc1O. The standard InChI is InChI=1S/C26H20O7/c1-30-19-6-4-3-5-15(19)17-13-23(28)32-21-10-8-16-25(29)22(33-26(16)24(17)21)12-14-7-9-20(31-2)18(27)11-14/h3-12,17,27H,13H2,1-2H3/b22-12-/t17-/m1/s1. The Morgan fingerprint density at radius 1 is 0.970 bits per heavy atom. The van der Waals surface area contributed by atoms with Crippen LogP contribution in [-0.2, 0) is 4.79 Å². The van der Waals surface area contributed by atoms with Crippen LogP contribution < -0.4 is 18.9 Å².